The maximum Gasteiger partial charge on any atom is 0.206 e. The third-order valence-electron chi connectivity index (χ3n) is 8.59. The molecule has 0 spiro atoms. The van der Waals surface area contributed by atoms with Crippen LogP contribution in [-0.2, 0) is 9.84 Å². The van der Waals surface area contributed by atoms with Crippen LogP contribution in [0.3, 0.4) is 0 Å². The van der Waals surface area contributed by atoms with Gasteiger partial charge in [0, 0.05) is 12.8 Å². The van der Waals surface area contributed by atoms with Gasteiger partial charge in [0.2, 0.25) is 9.84 Å². The second kappa shape index (κ2) is 11.9. The molecule has 4 aromatic carbocycles. The molecule has 0 fully saturated rings. The molecule has 6 aromatic rings. The van der Waals surface area contributed by atoms with Crippen LogP contribution in [0.2, 0.25) is 0 Å². The summed E-state index contributed by atoms with van der Waals surface area (Å²) in [5.41, 5.74) is 5.11. The largest absolute Gasteiger partial charge is 0.463 e. The number of benzene rings is 4. The lowest BCUT2D eigenvalue weighted by molar-refractivity contribution is 0.556. The van der Waals surface area contributed by atoms with E-state index in [0.29, 0.717) is 35.7 Å². The van der Waals surface area contributed by atoms with Crippen molar-refractivity contribution in [2.75, 3.05) is 10.0 Å². The Bertz CT molecular complexity index is 2030. The molecule has 2 aliphatic heterocycles. The first-order valence-electron chi connectivity index (χ1n) is 15.4. The summed E-state index contributed by atoms with van der Waals surface area (Å²) >= 11 is 0. The Morgan fingerprint density at radius 3 is 1.38 bits per heavy atom. The zero-order valence-corrected chi connectivity index (χ0v) is 26.1. The van der Waals surface area contributed by atoms with E-state index in [4.69, 9.17) is 19.0 Å². The predicted octanol–water partition coefficient (Wildman–Crippen LogP) is 8.42. The fourth-order valence-corrected chi connectivity index (χ4v) is 7.61. The summed E-state index contributed by atoms with van der Waals surface area (Å²) in [6.07, 6.45) is 4.50. The average Bonchev–Trinajstić information content (AvgIpc) is 3.96. The molecule has 2 atom stereocenters. The first-order chi connectivity index (χ1) is 23.0. The molecule has 0 amide bonds. The van der Waals surface area contributed by atoms with E-state index in [9.17, 15) is 8.42 Å². The quantitative estimate of drug-likeness (QED) is 0.166. The smallest absolute Gasteiger partial charge is 0.206 e. The zero-order chi connectivity index (χ0) is 31.8. The van der Waals surface area contributed by atoms with Crippen molar-refractivity contribution in [1.29, 1.82) is 0 Å². The lowest BCUT2D eigenvalue weighted by Crippen LogP contribution is -2.19. The van der Waals surface area contributed by atoms with Crippen LogP contribution in [0.1, 0.15) is 47.6 Å². The van der Waals surface area contributed by atoms with Crippen LogP contribution in [0.5, 0.6) is 0 Å². The van der Waals surface area contributed by atoms with Crippen molar-refractivity contribution >= 4 is 32.6 Å². The number of hydrazone groups is 2. The SMILES string of the molecule is O=S(=O)(c1cccc(N2N=C(c3ccco3)CC2c2ccccc2)c1)c1cccc(N2N=C(c3ccco3)CC2c2ccccc2)c1. The highest BCUT2D eigenvalue weighted by Crippen LogP contribution is 2.40. The molecule has 47 heavy (non-hydrogen) atoms. The third kappa shape index (κ3) is 5.44. The second-order valence-electron chi connectivity index (χ2n) is 11.5. The van der Waals surface area contributed by atoms with Crippen molar-refractivity contribution < 1.29 is 17.3 Å². The van der Waals surface area contributed by atoms with E-state index in [1.165, 1.54) is 0 Å². The molecule has 0 aliphatic carbocycles. The first kappa shape index (κ1) is 28.8. The summed E-state index contributed by atoms with van der Waals surface area (Å²) in [4.78, 5) is 0.364. The number of rotatable bonds is 8. The fourth-order valence-electron chi connectivity index (χ4n) is 6.27. The Kier molecular flexibility index (Phi) is 7.30. The summed E-state index contributed by atoms with van der Waals surface area (Å²) in [7, 11) is -3.91. The Hall–Kier alpha value is -5.67. The van der Waals surface area contributed by atoms with Gasteiger partial charge in [-0.25, -0.2) is 8.42 Å². The lowest BCUT2D eigenvalue weighted by atomic mass is 10.0. The molecule has 2 aromatic heterocycles. The highest BCUT2D eigenvalue weighted by molar-refractivity contribution is 7.91. The normalized spacial score (nSPS) is 18.0. The van der Waals surface area contributed by atoms with Gasteiger partial charge in [-0.15, -0.1) is 0 Å². The van der Waals surface area contributed by atoms with Gasteiger partial charge < -0.3 is 8.83 Å². The molecule has 8 rings (SSSR count). The van der Waals surface area contributed by atoms with Crippen molar-refractivity contribution in [3.8, 4) is 0 Å². The van der Waals surface area contributed by atoms with Crippen LogP contribution in [-0.4, -0.2) is 19.8 Å². The number of sulfone groups is 1. The van der Waals surface area contributed by atoms with E-state index in [2.05, 4.69) is 24.3 Å². The van der Waals surface area contributed by atoms with Gasteiger partial charge in [0.05, 0.1) is 45.8 Å². The monoisotopic (exact) mass is 638 g/mol. The van der Waals surface area contributed by atoms with Crippen molar-refractivity contribution in [3.63, 3.8) is 0 Å². The average molecular weight is 639 g/mol. The second-order valence-corrected chi connectivity index (χ2v) is 13.4. The summed E-state index contributed by atoms with van der Waals surface area (Å²) in [5, 5.41) is 13.6. The lowest BCUT2D eigenvalue weighted by Gasteiger charge is -2.25. The molecule has 0 saturated heterocycles. The molecular formula is C38H30N4O4S. The Labute approximate surface area is 272 Å². The van der Waals surface area contributed by atoms with Gasteiger partial charge in [0.1, 0.15) is 22.9 Å². The van der Waals surface area contributed by atoms with Crippen molar-refractivity contribution in [1.82, 2.24) is 0 Å². The molecule has 0 saturated carbocycles. The van der Waals surface area contributed by atoms with Crippen molar-refractivity contribution in [3.05, 3.63) is 169 Å². The molecule has 2 unspecified atom stereocenters. The molecule has 0 N–H and O–H groups in total. The maximum absolute atomic E-state index is 14.2. The highest BCUT2D eigenvalue weighted by Gasteiger charge is 2.33. The number of hydrogen-bond donors (Lipinski definition) is 0. The van der Waals surface area contributed by atoms with Gasteiger partial charge in [-0.05, 0) is 71.8 Å². The Morgan fingerprint density at radius 2 is 0.979 bits per heavy atom. The zero-order valence-electron chi connectivity index (χ0n) is 25.3. The number of hydrogen-bond acceptors (Lipinski definition) is 8. The van der Waals surface area contributed by atoms with Crippen LogP contribution in [0.25, 0.3) is 0 Å². The molecule has 8 nitrogen and oxygen atoms in total. The summed E-state index contributed by atoms with van der Waals surface area (Å²) in [6.45, 7) is 0. The standard InChI is InChI=1S/C38H30N4O4S/c43-47(44,31-17-7-15-29(23-31)41-35(27-11-3-1-4-12-27)25-33(39-41)37-19-9-21-45-37)32-18-8-16-30(24-32)42-36(28-13-5-2-6-14-28)26-34(40-42)38-20-10-22-46-38/h1-24,35-36H,25-26H2. The summed E-state index contributed by atoms with van der Waals surface area (Å²) in [6, 6.07) is 41.4. The van der Waals surface area contributed by atoms with E-state index in [0.717, 1.165) is 22.6 Å². The Morgan fingerprint density at radius 1 is 0.532 bits per heavy atom. The molecule has 2 aliphatic rings. The highest BCUT2D eigenvalue weighted by atomic mass is 32.2. The van der Waals surface area contributed by atoms with Gasteiger partial charge in [-0.3, -0.25) is 10.0 Å². The minimum absolute atomic E-state index is 0.121. The minimum Gasteiger partial charge on any atom is -0.463 e. The van der Waals surface area contributed by atoms with Gasteiger partial charge in [-0.1, -0.05) is 72.8 Å². The fraction of sp³-hybridized carbons (Fsp3) is 0.105. The number of nitrogens with zero attached hydrogens (tertiary/aromatic N) is 4. The minimum atomic E-state index is -3.91. The molecule has 0 bridgehead atoms. The van der Waals surface area contributed by atoms with Gasteiger partial charge in [0.15, 0.2) is 0 Å². The number of anilines is 2. The Balaban J connectivity index is 1.15. The van der Waals surface area contributed by atoms with Crippen molar-refractivity contribution in [2.45, 2.75) is 34.7 Å². The summed E-state index contributed by atoms with van der Waals surface area (Å²) in [5.74, 6) is 1.39. The van der Waals surface area contributed by atoms with E-state index in [-0.39, 0.29) is 21.9 Å². The van der Waals surface area contributed by atoms with Crippen LogP contribution in [0, 0.1) is 0 Å². The number of furan rings is 2. The summed E-state index contributed by atoms with van der Waals surface area (Å²) < 4.78 is 39.8. The molecule has 0 radical (unpaired) electrons. The predicted molar refractivity (Wildman–Crippen MR) is 181 cm³/mol. The van der Waals surface area contributed by atoms with E-state index < -0.39 is 9.84 Å². The molecular weight excluding hydrogens is 609 g/mol. The van der Waals surface area contributed by atoms with Crippen LogP contribution >= 0.6 is 0 Å². The van der Waals surface area contributed by atoms with Gasteiger partial charge in [-0.2, -0.15) is 10.2 Å². The van der Waals surface area contributed by atoms with Gasteiger partial charge in [0.25, 0.3) is 0 Å². The first-order valence-corrected chi connectivity index (χ1v) is 16.9. The van der Waals surface area contributed by atoms with Crippen LogP contribution in [0.15, 0.2) is 175 Å². The third-order valence-corrected chi connectivity index (χ3v) is 10.3. The van der Waals surface area contributed by atoms with Crippen LogP contribution in [0.4, 0.5) is 11.4 Å². The van der Waals surface area contributed by atoms with Crippen LogP contribution < -0.4 is 10.0 Å². The maximum atomic E-state index is 14.2. The van der Waals surface area contributed by atoms with E-state index >= 15 is 0 Å². The molecule has 232 valence electrons. The van der Waals surface area contributed by atoms with Gasteiger partial charge >= 0.3 is 0 Å². The topological polar surface area (TPSA) is 91.6 Å². The van der Waals surface area contributed by atoms with Crippen molar-refractivity contribution in [2.24, 2.45) is 10.2 Å². The molecule has 4 heterocycles. The molecule has 9 heteroatoms. The van der Waals surface area contributed by atoms with E-state index in [1.54, 1.807) is 48.9 Å². The van der Waals surface area contributed by atoms with E-state index in [1.807, 2.05) is 82.8 Å².